The van der Waals surface area contributed by atoms with Crippen molar-refractivity contribution in [3.8, 4) is 0 Å². The first-order valence-electron chi connectivity index (χ1n) is 6.70. The highest BCUT2D eigenvalue weighted by Gasteiger charge is 2.42. The fourth-order valence-corrected chi connectivity index (χ4v) is 2.23. The second kappa shape index (κ2) is 5.83. The molecule has 1 aliphatic rings. The Hall–Kier alpha value is -1.55. The first-order valence-corrected chi connectivity index (χ1v) is 7.08. The van der Waals surface area contributed by atoms with Crippen LogP contribution in [0, 0.1) is 5.92 Å². The summed E-state index contributed by atoms with van der Waals surface area (Å²) in [6.45, 7) is 6.46. The zero-order valence-electron chi connectivity index (χ0n) is 11.9. The summed E-state index contributed by atoms with van der Waals surface area (Å²) in [5.41, 5.74) is 0.566. The number of hydrogen-bond donors (Lipinski definition) is 1. The van der Waals surface area contributed by atoms with Crippen LogP contribution in [0.1, 0.15) is 32.8 Å². The first kappa shape index (κ1) is 14.9. The third kappa shape index (κ3) is 3.12. The normalized spacial score (nSPS) is 21.6. The molecule has 108 valence electrons. The molecule has 2 rings (SSSR count). The lowest BCUT2D eigenvalue weighted by Gasteiger charge is -2.21. The van der Waals surface area contributed by atoms with Crippen molar-refractivity contribution in [1.29, 1.82) is 0 Å². The number of rotatable bonds is 4. The number of halogens is 1. The lowest BCUT2D eigenvalue weighted by Crippen LogP contribution is -2.45. The molecule has 4 nitrogen and oxygen atoms in total. The van der Waals surface area contributed by atoms with Crippen molar-refractivity contribution in [1.82, 2.24) is 5.32 Å². The number of oxime groups is 1. The molecule has 0 saturated heterocycles. The number of nitrogens with one attached hydrogen (secondary N) is 1. The van der Waals surface area contributed by atoms with Gasteiger partial charge in [0.05, 0.1) is 5.71 Å². The van der Waals surface area contributed by atoms with Gasteiger partial charge in [-0.2, -0.15) is 0 Å². The van der Waals surface area contributed by atoms with Gasteiger partial charge in [0.2, 0.25) is 5.60 Å². The van der Waals surface area contributed by atoms with Crippen LogP contribution in [-0.2, 0) is 9.63 Å². The standard InChI is InChI=1S/C15H19ClN2O2/c1-10(2)9-17-14(19)15(3)8-13(18-20-15)11-6-4-5-7-12(11)16/h4-7,10H,8-9H2,1-3H3,(H,17,19). The zero-order valence-corrected chi connectivity index (χ0v) is 12.7. The van der Waals surface area contributed by atoms with E-state index in [4.69, 9.17) is 16.4 Å². The second-order valence-electron chi connectivity index (χ2n) is 5.62. The van der Waals surface area contributed by atoms with E-state index in [-0.39, 0.29) is 5.91 Å². The van der Waals surface area contributed by atoms with Crippen LogP contribution in [-0.4, -0.2) is 23.8 Å². The molecule has 1 heterocycles. The first-order chi connectivity index (χ1) is 9.42. The van der Waals surface area contributed by atoms with Crippen LogP contribution in [0.2, 0.25) is 5.02 Å². The Morgan fingerprint density at radius 1 is 1.50 bits per heavy atom. The highest BCUT2D eigenvalue weighted by molar-refractivity contribution is 6.34. The molecular formula is C15H19ClN2O2. The molecule has 0 spiro atoms. The summed E-state index contributed by atoms with van der Waals surface area (Å²) >= 11 is 6.14. The molecule has 20 heavy (non-hydrogen) atoms. The van der Waals surface area contributed by atoms with E-state index < -0.39 is 5.60 Å². The largest absolute Gasteiger partial charge is 0.379 e. The maximum atomic E-state index is 12.2. The van der Waals surface area contributed by atoms with E-state index in [2.05, 4.69) is 10.5 Å². The topological polar surface area (TPSA) is 50.7 Å². The summed E-state index contributed by atoms with van der Waals surface area (Å²) in [5.74, 6) is 0.255. The molecule has 0 aromatic heterocycles. The summed E-state index contributed by atoms with van der Waals surface area (Å²) in [7, 11) is 0. The minimum atomic E-state index is -0.955. The highest BCUT2D eigenvalue weighted by Crippen LogP contribution is 2.29. The number of amides is 1. The Labute approximate surface area is 124 Å². The number of nitrogens with zero attached hydrogens (tertiary/aromatic N) is 1. The van der Waals surface area contributed by atoms with Crippen LogP contribution in [0.15, 0.2) is 29.4 Å². The molecule has 0 saturated carbocycles. The predicted molar refractivity (Wildman–Crippen MR) is 79.9 cm³/mol. The predicted octanol–water partition coefficient (Wildman–Crippen LogP) is 3.00. The van der Waals surface area contributed by atoms with E-state index in [0.29, 0.717) is 29.6 Å². The average Bonchev–Trinajstić information content (AvgIpc) is 2.80. The third-order valence-corrected chi connectivity index (χ3v) is 3.53. The maximum absolute atomic E-state index is 12.2. The molecule has 0 fully saturated rings. The van der Waals surface area contributed by atoms with Gasteiger partial charge in [-0.1, -0.05) is 48.8 Å². The minimum Gasteiger partial charge on any atom is -0.379 e. The van der Waals surface area contributed by atoms with E-state index in [1.54, 1.807) is 13.0 Å². The van der Waals surface area contributed by atoms with Crippen molar-refractivity contribution in [2.75, 3.05) is 6.54 Å². The SMILES string of the molecule is CC(C)CNC(=O)C1(C)CC(c2ccccc2Cl)=NO1. The Morgan fingerprint density at radius 3 is 2.85 bits per heavy atom. The molecular weight excluding hydrogens is 276 g/mol. The van der Waals surface area contributed by atoms with Gasteiger partial charge in [0.25, 0.3) is 5.91 Å². The van der Waals surface area contributed by atoms with Crippen LogP contribution < -0.4 is 5.32 Å². The quantitative estimate of drug-likeness (QED) is 0.928. The number of carbonyl (C=O) groups is 1. The van der Waals surface area contributed by atoms with Crippen molar-refractivity contribution in [2.45, 2.75) is 32.8 Å². The smallest absolute Gasteiger partial charge is 0.267 e. The van der Waals surface area contributed by atoms with Crippen molar-refractivity contribution in [2.24, 2.45) is 11.1 Å². The highest BCUT2D eigenvalue weighted by atomic mass is 35.5. The molecule has 0 radical (unpaired) electrons. The van der Waals surface area contributed by atoms with E-state index in [9.17, 15) is 4.79 Å². The second-order valence-corrected chi connectivity index (χ2v) is 6.03. The van der Waals surface area contributed by atoms with Gasteiger partial charge in [0.1, 0.15) is 0 Å². The van der Waals surface area contributed by atoms with Gasteiger partial charge in [-0.3, -0.25) is 4.79 Å². The minimum absolute atomic E-state index is 0.142. The Kier molecular flexibility index (Phi) is 4.33. The third-order valence-electron chi connectivity index (χ3n) is 3.20. The van der Waals surface area contributed by atoms with Crippen LogP contribution >= 0.6 is 11.6 Å². The molecule has 1 aliphatic heterocycles. The lowest BCUT2D eigenvalue weighted by atomic mass is 9.95. The van der Waals surface area contributed by atoms with Gasteiger partial charge in [-0.05, 0) is 18.9 Å². The van der Waals surface area contributed by atoms with Crippen molar-refractivity contribution in [3.63, 3.8) is 0 Å². The van der Waals surface area contributed by atoms with Gasteiger partial charge in [-0.15, -0.1) is 0 Å². The van der Waals surface area contributed by atoms with Gasteiger partial charge < -0.3 is 10.2 Å². The summed E-state index contributed by atoms with van der Waals surface area (Å²) < 4.78 is 0. The summed E-state index contributed by atoms with van der Waals surface area (Å²) in [6.07, 6.45) is 0.417. The molecule has 0 aliphatic carbocycles. The molecule has 1 aromatic rings. The fraction of sp³-hybridized carbons (Fsp3) is 0.467. The number of benzene rings is 1. The zero-order chi connectivity index (χ0) is 14.8. The van der Waals surface area contributed by atoms with Crippen molar-refractivity contribution < 1.29 is 9.63 Å². The summed E-state index contributed by atoms with van der Waals surface area (Å²) in [4.78, 5) is 17.6. The number of hydrogen-bond acceptors (Lipinski definition) is 3. The summed E-state index contributed by atoms with van der Waals surface area (Å²) in [6, 6.07) is 7.42. The van der Waals surface area contributed by atoms with E-state index in [1.165, 1.54) is 0 Å². The van der Waals surface area contributed by atoms with Gasteiger partial charge >= 0.3 is 0 Å². The van der Waals surface area contributed by atoms with E-state index in [1.807, 2.05) is 32.0 Å². The molecule has 1 unspecified atom stereocenters. The van der Waals surface area contributed by atoms with Crippen LogP contribution in [0.4, 0.5) is 0 Å². The van der Waals surface area contributed by atoms with Crippen molar-refractivity contribution >= 4 is 23.2 Å². The Bertz CT molecular complexity index is 542. The van der Waals surface area contributed by atoms with Gasteiger partial charge in [0.15, 0.2) is 0 Å². The molecule has 1 N–H and O–H groups in total. The van der Waals surface area contributed by atoms with Crippen LogP contribution in [0.5, 0.6) is 0 Å². The van der Waals surface area contributed by atoms with E-state index in [0.717, 1.165) is 5.56 Å². The monoisotopic (exact) mass is 294 g/mol. The molecule has 5 heteroatoms. The summed E-state index contributed by atoms with van der Waals surface area (Å²) in [5, 5.41) is 7.53. The Morgan fingerprint density at radius 2 is 2.20 bits per heavy atom. The van der Waals surface area contributed by atoms with Gasteiger partial charge in [0, 0.05) is 23.6 Å². The lowest BCUT2D eigenvalue weighted by molar-refractivity contribution is -0.141. The Balaban J connectivity index is 2.07. The number of carbonyl (C=O) groups excluding carboxylic acids is 1. The maximum Gasteiger partial charge on any atom is 0.267 e. The fourth-order valence-electron chi connectivity index (χ4n) is 1.99. The molecule has 1 aromatic carbocycles. The van der Waals surface area contributed by atoms with Crippen LogP contribution in [0.25, 0.3) is 0 Å². The van der Waals surface area contributed by atoms with Crippen molar-refractivity contribution in [3.05, 3.63) is 34.9 Å². The van der Waals surface area contributed by atoms with Crippen LogP contribution in [0.3, 0.4) is 0 Å². The van der Waals surface area contributed by atoms with E-state index >= 15 is 0 Å². The molecule has 1 amide bonds. The molecule has 0 bridgehead atoms. The molecule has 1 atom stereocenters. The average molecular weight is 295 g/mol. The van der Waals surface area contributed by atoms with Gasteiger partial charge in [-0.25, -0.2) is 0 Å².